The third kappa shape index (κ3) is 2.41. The number of ether oxygens (including phenoxy) is 1. The van der Waals surface area contributed by atoms with Crippen LogP contribution in [0.4, 0.5) is 0 Å². The van der Waals surface area contributed by atoms with E-state index in [1.807, 2.05) is 53.9 Å². The topological polar surface area (TPSA) is 30.7 Å². The van der Waals surface area contributed by atoms with Crippen LogP contribution in [0.5, 0.6) is 5.75 Å². The monoisotopic (exact) mass is 299 g/mol. The Morgan fingerprint density at radius 2 is 2.05 bits per heavy atom. The molecule has 0 saturated heterocycles. The molecule has 0 aliphatic heterocycles. The van der Waals surface area contributed by atoms with E-state index in [1.165, 1.54) is 0 Å². The third-order valence-electron chi connectivity index (χ3n) is 3.37. The Balaban J connectivity index is 2.18. The maximum atomic E-state index is 11.5. The number of pyridine rings is 1. The molecule has 0 N–H and O–H groups in total. The highest BCUT2D eigenvalue weighted by Crippen LogP contribution is 2.34. The van der Waals surface area contributed by atoms with Crippen LogP contribution in [0.3, 0.4) is 0 Å². The van der Waals surface area contributed by atoms with E-state index in [4.69, 9.17) is 16.3 Å². The Bertz CT molecular complexity index is 808. The highest BCUT2D eigenvalue weighted by Gasteiger charge is 2.14. The lowest BCUT2D eigenvalue weighted by molar-refractivity contribution is 0.111. The number of hydrogen-bond donors (Lipinski definition) is 0. The number of carbonyl (C=O) groups is 1. The van der Waals surface area contributed by atoms with Crippen molar-refractivity contribution in [3.05, 3.63) is 59.4 Å². The lowest BCUT2D eigenvalue weighted by atomic mass is 10.1. The summed E-state index contributed by atoms with van der Waals surface area (Å²) in [6.45, 7) is 2.51. The van der Waals surface area contributed by atoms with Crippen LogP contribution in [0, 0.1) is 0 Å². The molecule has 2 heterocycles. The summed E-state index contributed by atoms with van der Waals surface area (Å²) >= 11 is 6.35. The molecule has 0 fully saturated rings. The fourth-order valence-corrected chi connectivity index (χ4v) is 2.72. The highest BCUT2D eigenvalue weighted by atomic mass is 35.5. The van der Waals surface area contributed by atoms with Crippen LogP contribution in [0.15, 0.2) is 48.7 Å². The normalized spacial score (nSPS) is 10.8. The molecule has 106 valence electrons. The summed E-state index contributed by atoms with van der Waals surface area (Å²) in [5.41, 5.74) is 3.20. The Hall–Kier alpha value is -2.26. The van der Waals surface area contributed by atoms with Gasteiger partial charge in [-0.05, 0) is 43.3 Å². The van der Waals surface area contributed by atoms with Crippen LogP contribution in [-0.4, -0.2) is 17.3 Å². The molecule has 0 aliphatic rings. The average Bonchev–Trinajstić information content (AvgIpc) is 2.86. The second-order valence-corrected chi connectivity index (χ2v) is 5.04. The molecule has 4 heteroatoms. The van der Waals surface area contributed by atoms with Crippen LogP contribution in [0.25, 0.3) is 16.6 Å². The number of aromatic nitrogens is 1. The highest BCUT2D eigenvalue weighted by molar-refractivity contribution is 6.33. The lowest BCUT2D eigenvalue weighted by Gasteiger charge is -2.07. The smallest absolute Gasteiger partial charge is 0.167 e. The summed E-state index contributed by atoms with van der Waals surface area (Å²) < 4.78 is 7.29. The molecule has 0 unspecified atom stereocenters. The molecule has 0 aliphatic carbocycles. The maximum absolute atomic E-state index is 11.5. The van der Waals surface area contributed by atoms with Crippen LogP contribution >= 0.6 is 11.6 Å². The molecule has 21 heavy (non-hydrogen) atoms. The Morgan fingerprint density at radius 3 is 2.76 bits per heavy atom. The van der Waals surface area contributed by atoms with Gasteiger partial charge in [-0.3, -0.25) is 4.79 Å². The number of hydrogen-bond acceptors (Lipinski definition) is 2. The first kappa shape index (κ1) is 13.7. The molecule has 0 radical (unpaired) electrons. The fourth-order valence-electron chi connectivity index (χ4n) is 2.45. The van der Waals surface area contributed by atoms with Crippen molar-refractivity contribution in [1.29, 1.82) is 0 Å². The first-order valence-electron chi connectivity index (χ1n) is 6.72. The molecule has 0 amide bonds. The number of benzene rings is 1. The summed E-state index contributed by atoms with van der Waals surface area (Å²) in [7, 11) is 0. The number of carbonyl (C=O) groups excluding carboxylic acids is 1. The van der Waals surface area contributed by atoms with E-state index >= 15 is 0 Å². The Labute approximate surface area is 127 Å². The van der Waals surface area contributed by atoms with Crippen LogP contribution < -0.4 is 4.74 Å². The van der Waals surface area contributed by atoms with Gasteiger partial charge in [0.1, 0.15) is 5.75 Å². The molecule has 2 aromatic heterocycles. The zero-order valence-corrected chi connectivity index (χ0v) is 12.3. The molecule has 0 spiro atoms. The molecule has 1 aromatic carbocycles. The minimum Gasteiger partial charge on any atom is -0.494 e. The largest absolute Gasteiger partial charge is 0.494 e. The van der Waals surface area contributed by atoms with E-state index in [0.717, 1.165) is 28.7 Å². The second kappa shape index (κ2) is 5.62. The van der Waals surface area contributed by atoms with Crippen LogP contribution in [0.2, 0.25) is 5.02 Å². The minimum atomic E-state index is 0.569. The molecule has 3 aromatic rings. The molecule has 0 saturated carbocycles. The van der Waals surface area contributed by atoms with E-state index in [-0.39, 0.29) is 0 Å². The zero-order chi connectivity index (χ0) is 14.8. The van der Waals surface area contributed by atoms with Crippen molar-refractivity contribution in [2.24, 2.45) is 0 Å². The fraction of sp³-hybridized carbons (Fsp3) is 0.118. The Morgan fingerprint density at radius 1 is 1.19 bits per heavy atom. The van der Waals surface area contributed by atoms with Crippen molar-refractivity contribution in [2.75, 3.05) is 6.61 Å². The number of fused-ring (bicyclic) bond motifs is 1. The van der Waals surface area contributed by atoms with E-state index in [1.54, 1.807) is 6.07 Å². The van der Waals surface area contributed by atoms with Gasteiger partial charge < -0.3 is 9.14 Å². The summed E-state index contributed by atoms with van der Waals surface area (Å²) in [4.78, 5) is 11.5. The van der Waals surface area contributed by atoms with Gasteiger partial charge in [-0.25, -0.2) is 0 Å². The van der Waals surface area contributed by atoms with Crippen LogP contribution in [-0.2, 0) is 0 Å². The van der Waals surface area contributed by atoms with E-state index in [0.29, 0.717) is 17.3 Å². The SMILES string of the molecule is CCOc1ccc(-c2cc3ccccn3c2C=O)c(Cl)c1. The van der Waals surface area contributed by atoms with Gasteiger partial charge in [-0.15, -0.1) is 0 Å². The quantitative estimate of drug-likeness (QED) is 0.665. The van der Waals surface area contributed by atoms with Gasteiger partial charge in [0, 0.05) is 22.8 Å². The van der Waals surface area contributed by atoms with Gasteiger partial charge in [-0.2, -0.15) is 0 Å². The van der Waals surface area contributed by atoms with E-state index < -0.39 is 0 Å². The molecular weight excluding hydrogens is 286 g/mol. The van der Waals surface area contributed by atoms with E-state index in [9.17, 15) is 4.79 Å². The van der Waals surface area contributed by atoms with Crippen molar-refractivity contribution < 1.29 is 9.53 Å². The van der Waals surface area contributed by atoms with Gasteiger partial charge >= 0.3 is 0 Å². The molecular formula is C17H14ClNO2. The molecule has 0 bridgehead atoms. The lowest BCUT2D eigenvalue weighted by Crippen LogP contribution is -1.93. The zero-order valence-electron chi connectivity index (χ0n) is 11.5. The summed E-state index contributed by atoms with van der Waals surface area (Å²) in [6.07, 6.45) is 2.72. The predicted molar refractivity (Wildman–Crippen MR) is 84.4 cm³/mol. The summed E-state index contributed by atoms with van der Waals surface area (Å²) in [5.74, 6) is 0.725. The first-order valence-corrected chi connectivity index (χ1v) is 7.10. The number of aldehydes is 1. The predicted octanol–water partition coefficient (Wildman–Crippen LogP) is 4.47. The molecule has 3 nitrogen and oxygen atoms in total. The third-order valence-corrected chi connectivity index (χ3v) is 3.69. The van der Waals surface area contributed by atoms with Crippen molar-refractivity contribution in [1.82, 2.24) is 4.40 Å². The number of rotatable bonds is 4. The molecule has 0 atom stereocenters. The van der Waals surface area contributed by atoms with Crippen molar-refractivity contribution in [2.45, 2.75) is 6.92 Å². The Kier molecular flexibility index (Phi) is 3.67. The van der Waals surface area contributed by atoms with Gasteiger partial charge in [-0.1, -0.05) is 17.7 Å². The van der Waals surface area contributed by atoms with Gasteiger partial charge in [0.25, 0.3) is 0 Å². The van der Waals surface area contributed by atoms with E-state index in [2.05, 4.69) is 0 Å². The maximum Gasteiger partial charge on any atom is 0.167 e. The standard InChI is InChI=1S/C17H14ClNO2/c1-2-21-13-6-7-14(16(18)10-13)15-9-12-5-3-4-8-19(12)17(15)11-20/h3-11H,2H2,1H3. The average molecular weight is 300 g/mol. The molecule has 3 rings (SSSR count). The number of halogens is 1. The minimum absolute atomic E-state index is 0.569. The summed E-state index contributed by atoms with van der Waals surface area (Å²) in [6, 6.07) is 13.3. The van der Waals surface area contributed by atoms with Crippen LogP contribution in [0.1, 0.15) is 17.4 Å². The van der Waals surface area contributed by atoms with Gasteiger partial charge in [0.15, 0.2) is 6.29 Å². The second-order valence-electron chi connectivity index (χ2n) is 4.63. The van der Waals surface area contributed by atoms with Gasteiger partial charge in [0.2, 0.25) is 0 Å². The van der Waals surface area contributed by atoms with Crippen molar-refractivity contribution in [3.8, 4) is 16.9 Å². The van der Waals surface area contributed by atoms with Crippen molar-refractivity contribution >= 4 is 23.4 Å². The first-order chi connectivity index (χ1) is 10.2. The number of nitrogens with zero attached hydrogens (tertiary/aromatic N) is 1. The summed E-state index contributed by atoms with van der Waals surface area (Å²) in [5, 5.41) is 0.569. The van der Waals surface area contributed by atoms with Crippen molar-refractivity contribution in [3.63, 3.8) is 0 Å². The van der Waals surface area contributed by atoms with Gasteiger partial charge in [0.05, 0.1) is 17.3 Å².